The number of carbonyl (C=O) groups excluding carboxylic acids is 2. The van der Waals surface area contributed by atoms with Gasteiger partial charge in [-0.3, -0.25) is 9.59 Å². The van der Waals surface area contributed by atoms with Crippen LogP contribution < -0.4 is 5.32 Å². The van der Waals surface area contributed by atoms with E-state index in [0.717, 1.165) is 30.7 Å². The normalized spacial score (nSPS) is 38.5. The largest absolute Gasteiger partial charge is 0.353 e. The number of aryl methyl sites for hydroxylation is 1. The van der Waals surface area contributed by atoms with Gasteiger partial charge < -0.3 is 10.2 Å². The summed E-state index contributed by atoms with van der Waals surface area (Å²) in [5.41, 5.74) is 2.37. The van der Waals surface area contributed by atoms with Gasteiger partial charge in [0.1, 0.15) is 5.69 Å². The van der Waals surface area contributed by atoms with Gasteiger partial charge in [-0.15, -0.1) is 11.3 Å². The lowest BCUT2D eigenvalue weighted by Gasteiger charge is -2.29. The molecule has 2 bridgehead atoms. The van der Waals surface area contributed by atoms with Crippen molar-refractivity contribution in [1.82, 2.24) is 15.2 Å². The summed E-state index contributed by atoms with van der Waals surface area (Å²) in [7, 11) is 0. The highest BCUT2D eigenvalue weighted by Crippen LogP contribution is 2.57. The van der Waals surface area contributed by atoms with Crippen molar-refractivity contribution in [1.29, 1.82) is 0 Å². The first kappa shape index (κ1) is 15.8. The summed E-state index contributed by atoms with van der Waals surface area (Å²) in [6.07, 6.45) is 6.82. The van der Waals surface area contributed by atoms with Crippen LogP contribution in [0.4, 0.5) is 0 Å². The van der Waals surface area contributed by atoms with Gasteiger partial charge in [0.05, 0.1) is 5.51 Å². The fourth-order valence-electron chi connectivity index (χ4n) is 5.70. The third kappa shape index (κ3) is 2.52. The number of hydrogen-bond donors (Lipinski definition) is 1. The number of nitrogens with zero attached hydrogens (tertiary/aromatic N) is 2. The van der Waals surface area contributed by atoms with Gasteiger partial charge in [0, 0.05) is 29.4 Å². The SMILES string of the molecule is Cc1scnc1C(=O)N1CC2CC1CCC2NC(=O)C1C2CCCC21. The lowest BCUT2D eigenvalue weighted by molar-refractivity contribution is -0.124. The minimum atomic E-state index is 0.0787. The molecule has 0 aromatic carbocycles. The van der Waals surface area contributed by atoms with E-state index in [2.05, 4.69) is 10.3 Å². The zero-order chi connectivity index (χ0) is 17.1. The van der Waals surface area contributed by atoms with Crippen LogP contribution in [0.15, 0.2) is 5.51 Å². The molecule has 5 rings (SSSR count). The number of nitrogens with one attached hydrogen (secondary N) is 1. The maximum absolute atomic E-state index is 12.8. The van der Waals surface area contributed by atoms with Crippen LogP contribution in [0, 0.1) is 30.6 Å². The van der Waals surface area contributed by atoms with Crippen molar-refractivity contribution in [3.05, 3.63) is 16.1 Å². The molecule has 1 aromatic rings. The van der Waals surface area contributed by atoms with Crippen molar-refractivity contribution in [2.75, 3.05) is 6.54 Å². The predicted octanol–water partition coefficient (Wildman–Crippen LogP) is 2.61. The number of fused-ring (bicyclic) bond motifs is 3. The number of likely N-dealkylation sites (tertiary alicyclic amines) is 1. The Bertz CT molecular complexity index is 707. The van der Waals surface area contributed by atoms with Crippen LogP contribution in [0.3, 0.4) is 0 Å². The molecule has 2 heterocycles. The fourth-order valence-corrected chi connectivity index (χ4v) is 6.27. The lowest BCUT2D eigenvalue weighted by Crippen LogP contribution is -2.43. The maximum atomic E-state index is 12.8. The molecule has 3 saturated carbocycles. The highest BCUT2D eigenvalue weighted by molar-refractivity contribution is 7.09. The molecule has 2 amide bonds. The first-order valence-electron chi connectivity index (χ1n) is 9.65. The van der Waals surface area contributed by atoms with E-state index < -0.39 is 0 Å². The summed E-state index contributed by atoms with van der Waals surface area (Å²) in [6, 6.07) is 0.575. The molecular formula is C19H25N3O2S. The van der Waals surface area contributed by atoms with Gasteiger partial charge in [-0.2, -0.15) is 0 Å². The first-order valence-corrected chi connectivity index (χ1v) is 10.5. The Morgan fingerprint density at radius 1 is 1.24 bits per heavy atom. The van der Waals surface area contributed by atoms with Gasteiger partial charge in [-0.25, -0.2) is 4.98 Å². The predicted molar refractivity (Wildman–Crippen MR) is 95.3 cm³/mol. The number of thiazole rings is 1. The van der Waals surface area contributed by atoms with Crippen LogP contribution >= 0.6 is 11.3 Å². The summed E-state index contributed by atoms with van der Waals surface area (Å²) in [6.45, 7) is 2.73. The zero-order valence-electron chi connectivity index (χ0n) is 14.6. The van der Waals surface area contributed by atoms with Crippen molar-refractivity contribution in [3.63, 3.8) is 0 Å². The molecule has 1 aliphatic heterocycles. The molecule has 1 N–H and O–H groups in total. The number of rotatable bonds is 3. The Labute approximate surface area is 152 Å². The zero-order valence-corrected chi connectivity index (χ0v) is 15.4. The molecule has 0 radical (unpaired) electrons. The molecule has 134 valence electrons. The van der Waals surface area contributed by atoms with E-state index in [1.54, 1.807) is 5.51 Å². The minimum absolute atomic E-state index is 0.0787. The summed E-state index contributed by atoms with van der Waals surface area (Å²) >= 11 is 1.53. The van der Waals surface area contributed by atoms with Crippen molar-refractivity contribution >= 4 is 23.2 Å². The van der Waals surface area contributed by atoms with E-state index in [9.17, 15) is 9.59 Å². The summed E-state index contributed by atoms with van der Waals surface area (Å²) in [5, 5.41) is 3.35. The van der Waals surface area contributed by atoms with Crippen LogP contribution in [-0.4, -0.2) is 40.3 Å². The second kappa shape index (κ2) is 5.79. The minimum Gasteiger partial charge on any atom is -0.353 e. The maximum Gasteiger partial charge on any atom is 0.273 e. The Hall–Kier alpha value is -1.43. The third-order valence-corrected chi connectivity index (χ3v) is 7.83. The van der Waals surface area contributed by atoms with Gasteiger partial charge in [-0.1, -0.05) is 6.42 Å². The van der Waals surface area contributed by atoms with Crippen molar-refractivity contribution in [2.24, 2.45) is 23.7 Å². The quantitative estimate of drug-likeness (QED) is 0.902. The molecule has 5 unspecified atom stereocenters. The molecular weight excluding hydrogens is 334 g/mol. The Morgan fingerprint density at radius 3 is 2.76 bits per heavy atom. The van der Waals surface area contributed by atoms with E-state index in [-0.39, 0.29) is 11.9 Å². The number of aromatic nitrogens is 1. The molecule has 5 nitrogen and oxygen atoms in total. The van der Waals surface area contributed by atoms with Crippen LogP contribution in [0.2, 0.25) is 0 Å². The van der Waals surface area contributed by atoms with E-state index >= 15 is 0 Å². The van der Waals surface area contributed by atoms with E-state index in [1.165, 1.54) is 30.6 Å². The summed E-state index contributed by atoms with van der Waals surface area (Å²) in [5.74, 6) is 2.41. The van der Waals surface area contributed by atoms with E-state index in [1.807, 2.05) is 11.8 Å². The lowest BCUT2D eigenvalue weighted by atomic mass is 9.85. The number of hydrogen-bond acceptors (Lipinski definition) is 4. The second-order valence-corrected chi connectivity index (χ2v) is 9.40. The first-order chi connectivity index (χ1) is 12.1. The van der Waals surface area contributed by atoms with E-state index in [4.69, 9.17) is 0 Å². The van der Waals surface area contributed by atoms with Crippen molar-refractivity contribution < 1.29 is 9.59 Å². The molecule has 1 aromatic heterocycles. The summed E-state index contributed by atoms with van der Waals surface area (Å²) in [4.78, 5) is 32.7. The molecule has 4 fully saturated rings. The monoisotopic (exact) mass is 359 g/mol. The number of amides is 2. The third-order valence-electron chi connectivity index (χ3n) is 7.07. The Balaban J connectivity index is 1.23. The van der Waals surface area contributed by atoms with Gasteiger partial charge in [0.15, 0.2) is 0 Å². The smallest absolute Gasteiger partial charge is 0.273 e. The molecule has 5 atom stereocenters. The van der Waals surface area contributed by atoms with Gasteiger partial charge in [-0.05, 0) is 56.8 Å². The van der Waals surface area contributed by atoms with Crippen LogP contribution in [0.5, 0.6) is 0 Å². The highest BCUT2D eigenvalue weighted by atomic mass is 32.1. The molecule has 4 aliphatic rings. The van der Waals surface area contributed by atoms with Crippen molar-refractivity contribution in [2.45, 2.75) is 57.5 Å². The molecule has 0 spiro atoms. The average Bonchev–Trinajstić information content (AvgIpc) is 3.00. The Morgan fingerprint density at radius 2 is 2.04 bits per heavy atom. The molecule has 3 aliphatic carbocycles. The van der Waals surface area contributed by atoms with Crippen LogP contribution in [-0.2, 0) is 4.79 Å². The standard InChI is InChI=1S/C19H25N3O2S/c1-10-17(20-9-25-10)19(24)22-8-11-7-12(22)5-6-15(11)21-18(23)16-13-3-2-4-14(13)16/h9,11-16H,2-8H2,1H3,(H,21,23). The van der Waals surface area contributed by atoms with Crippen LogP contribution in [0.1, 0.15) is 53.9 Å². The fraction of sp³-hybridized carbons (Fsp3) is 0.737. The van der Waals surface area contributed by atoms with Crippen LogP contribution in [0.25, 0.3) is 0 Å². The van der Waals surface area contributed by atoms with Gasteiger partial charge in [0.2, 0.25) is 5.91 Å². The molecule has 25 heavy (non-hydrogen) atoms. The molecule has 6 heteroatoms. The van der Waals surface area contributed by atoms with Gasteiger partial charge in [0.25, 0.3) is 5.91 Å². The average molecular weight is 359 g/mol. The topological polar surface area (TPSA) is 62.3 Å². The number of carbonyl (C=O) groups is 2. The van der Waals surface area contributed by atoms with Crippen molar-refractivity contribution in [3.8, 4) is 0 Å². The second-order valence-electron chi connectivity index (χ2n) is 8.34. The van der Waals surface area contributed by atoms with Gasteiger partial charge >= 0.3 is 0 Å². The van der Waals surface area contributed by atoms with E-state index in [0.29, 0.717) is 41.3 Å². The Kier molecular flexibility index (Phi) is 3.66. The molecule has 1 saturated heterocycles. The highest BCUT2D eigenvalue weighted by Gasteiger charge is 2.57. The summed E-state index contributed by atoms with van der Waals surface area (Å²) < 4.78 is 0.